The molecule has 2 aromatic rings. The summed E-state index contributed by atoms with van der Waals surface area (Å²) in [4.78, 5) is 0. The summed E-state index contributed by atoms with van der Waals surface area (Å²) in [5.41, 5.74) is 13.3. The number of rotatable bonds is 2. The molecule has 98 valence electrons. The standard InChI is InChI=1S/C16H19N3/c1-11-4-2-3-5-12(11)13-6-7-15-16(14(13)10-17)19-9-8-18-15/h2-7,18-19H,8-10,17H2,1H3. The molecule has 3 nitrogen and oxygen atoms in total. The first kappa shape index (κ1) is 12.1. The third-order valence-corrected chi connectivity index (χ3v) is 3.69. The normalized spacial score (nSPS) is 13.4. The molecule has 2 aromatic carbocycles. The van der Waals surface area contributed by atoms with Gasteiger partial charge in [-0.1, -0.05) is 30.3 Å². The third-order valence-electron chi connectivity index (χ3n) is 3.69. The lowest BCUT2D eigenvalue weighted by Crippen LogP contribution is -2.22. The second kappa shape index (κ2) is 4.94. The summed E-state index contributed by atoms with van der Waals surface area (Å²) in [7, 11) is 0. The highest BCUT2D eigenvalue weighted by molar-refractivity contribution is 5.84. The number of hydrogen-bond acceptors (Lipinski definition) is 3. The van der Waals surface area contributed by atoms with Crippen molar-refractivity contribution in [2.45, 2.75) is 13.5 Å². The number of nitrogens with one attached hydrogen (secondary N) is 2. The maximum atomic E-state index is 5.99. The van der Waals surface area contributed by atoms with Gasteiger partial charge in [-0.25, -0.2) is 0 Å². The fraction of sp³-hybridized carbons (Fsp3) is 0.250. The minimum absolute atomic E-state index is 0.543. The fourth-order valence-corrected chi connectivity index (χ4v) is 2.72. The van der Waals surface area contributed by atoms with Gasteiger partial charge in [-0.15, -0.1) is 0 Å². The second-order valence-electron chi connectivity index (χ2n) is 4.89. The van der Waals surface area contributed by atoms with Crippen molar-refractivity contribution in [2.75, 3.05) is 23.7 Å². The van der Waals surface area contributed by atoms with Crippen molar-refractivity contribution in [2.24, 2.45) is 5.73 Å². The molecule has 3 heteroatoms. The first-order chi connectivity index (χ1) is 9.31. The molecule has 3 rings (SSSR count). The molecule has 0 spiro atoms. The third kappa shape index (κ3) is 2.06. The predicted molar refractivity (Wildman–Crippen MR) is 81.5 cm³/mol. The first-order valence-corrected chi connectivity index (χ1v) is 6.71. The Hall–Kier alpha value is -2.00. The van der Waals surface area contributed by atoms with Gasteiger partial charge in [0.15, 0.2) is 0 Å². The molecular weight excluding hydrogens is 234 g/mol. The van der Waals surface area contributed by atoms with Crippen molar-refractivity contribution >= 4 is 11.4 Å². The van der Waals surface area contributed by atoms with Crippen LogP contribution in [0.4, 0.5) is 11.4 Å². The predicted octanol–water partition coefficient (Wildman–Crippen LogP) is 2.96. The quantitative estimate of drug-likeness (QED) is 0.771. The van der Waals surface area contributed by atoms with E-state index < -0.39 is 0 Å². The van der Waals surface area contributed by atoms with Crippen molar-refractivity contribution in [3.05, 3.63) is 47.5 Å². The smallest absolute Gasteiger partial charge is 0.0628 e. The van der Waals surface area contributed by atoms with Crippen LogP contribution in [0.2, 0.25) is 0 Å². The van der Waals surface area contributed by atoms with Crippen LogP contribution in [-0.2, 0) is 6.54 Å². The highest BCUT2D eigenvalue weighted by Crippen LogP contribution is 2.36. The van der Waals surface area contributed by atoms with Crippen LogP contribution in [0, 0.1) is 6.92 Å². The van der Waals surface area contributed by atoms with E-state index in [-0.39, 0.29) is 0 Å². The van der Waals surface area contributed by atoms with E-state index in [1.165, 1.54) is 22.3 Å². The molecule has 1 heterocycles. The van der Waals surface area contributed by atoms with Gasteiger partial charge < -0.3 is 16.4 Å². The molecule has 1 aliphatic heterocycles. The van der Waals surface area contributed by atoms with Gasteiger partial charge >= 0.3 is 0 Å². The molecular formula is C16H19N3. The van der Waals surface area contributed by atoms with Crippen LogP contribution in [-0.4, -0.2) is 13.1 Å². The van der Waals surface area contributed by atoms with Gasteiger partial charge in [-0.05, 0) is 35.2 Å². The van der Waals surface area contributed by atoms with Crippen molar-refractivity contribution < 1.29 is 0 Å². The summed E-state index contributed by atoms with van der Waals surface area (Å²) in [6.07, 6.45) is 0. The first-order valence-electron chi connectivity index (χ1n) is 6.71. The Morgan fingerprint density at radius 2 is 1.79 bits per heavy atom. The maximum Gasteiger partial charge on any atom is 0.0628 e. The topological polar surface area (TPSA) is 50.1 Å². The fourth-order valence-electron chi connectivity index (χ4n) is 2.72. The molecule has 0 bridgehead atoms. The summed E-state index contributed by atoms with van der Waals surface area (Å²) in [5.74, 6) is 0. The number of nitrogens with two attached hydrogens (primary N) is 1. The van der Waals surface area contributed by atoms with Crippen LogP contribution in [0.1, 0.15) is 11.1 Å². The Bertz CT molecular complexity index is 605. The summed E-state index contributed by atoms with van der Waals surface area (Å²) < 4.78 is 0. The monoisotopic (exact) mass is 253 g/mol. The molecule has 0 aliphatic carbocycles. The highest BCUT2D eigenvalue weighted by atomic mass is 15.0. The Balaban J connectivity index is 2.19. The molecule has 0 aromatic heterocycles. The Labute approximate surface area is 113 Å². The van der Waals surface area contributed by atoms with Gasteiger partial charge in [0.25, 0.3) is 0 Å². The van der Waals surface area contributed by atoms with E-state index in [0.717, 1.165) is 24.5 Å². The molecule has 0 amide bonds. The van der Waals surface area contributed by atoms with Crippen molar-refractivity contribution in [3.63, 3.8) is 0 Å². The summed E-state index contributed by atoms with van der Waals surface area (Å²) >= 11 is 0. The van der Waals surface area contributed by atoms with Crippen LogP contribution >= 0.6 is 0 Å². The number of aryl methyl sites for hydroxylation is 1. The highest BCUT2D eigenvalue weighted by Gasteiger charge is 2.16. The molecule has 0 atom stereocenters. The number of anilines is 2. The van der Waals surface area contributed by atoms with Crippen LogP contribution in [0.3, 0.4) is 0 Å². The Kier molecular flexibility index (Phi) is 3.13. The van der Waals surface area contributed by atoms with Gasteiger partial charge in [0, 0.05) is 19.6 Å². The van der Waals surface area contributed by atoms with Crippen LogP contribution in [0.25, 0.3) is 11.1 Å². The molecule has 19 heavy (non-hydrogen) atoms. The molecule has 1 aliphatic rings. The molecule has 0 saturated carbocycles. The summed E-state index contributed by atoms with van der Waals surface area (Å²) in [6.45, 7) is 4.58. The van der Waals surface area contributed by atoms with Gasteiger partial charge in [0.1, 0.15) is 0 Å². The van der Waals surface area contributed by atoms with Crippen LogP contribution in [0.5, 0.6) is 0 Å². The number of fused-ring (bicyclic) bond motifs is 1. The molecule has 0 saturated heterocycles. The van der Waals surface area contributed by atoms with Crippen molar-refractivity contribution in [1.29, 1.82) is 0 Å². The zero-order chi connectivity index (χ0) is 13.2. The van der Waals surface area contributed by atoms with E-state index in [1.807, 2.05) is 0 Å². The molecule has 4 N–H and O–H groups in total. The minimum Gasteiger partial charge on any atom is -0.382 e. The molecule has 0 radical (unpaired) electrons. The van der Waals surface area contributed by atoms with Crippen molar-refractivity contribution in [3.8, 4) is 11.1 Å². The summed E-state index contributed by atoms with van der Waals surface area (Å²) in [5, 5.41) is 6.88. The SMILES string of the molecule is Cc1ccccc1-c1ccc2c(c1CN)NCCN2. The van der Waals surface area contributed by atoms with E-state index in [2.05, 4.69) is 54.0 Å². The number of benzene rings is 2. The van der Waals surface area contributed by atoms with E-state index in [0.29, 0.717) is 6.54 Å². The minimum atomic E-state index is 0.543. The zero-order valence-electron chi connectivity index (χ0n) is 11.2. The van der Waals surface area contributed by atoms with Gasteiger partial charge in [0.05, 0.1) is 11.4 Å². The Morgan fingerprint density at radius 1 is 1.00 bits per heavy atom. The van der Waals surface area contributed by atoms with Gasteiger partial charge in [-0.3, -0.25) is 0 Å². The second-order valence-corrected chi connectivity index (χ2v) is 4.89. The van der Waals surface area contributed by atoms with E-state index in [4.69, 9.17) is 5.73 Å². The van der Waals surface area contributed by atoms with E-state index in [1.54, 1.807) is 0 Å². The lowest BCUT2D eigenvalue weighted by atomic mass is 9.93. The van der Waals surface area contributed by atoms with Crippen LogP contribution < -0.4 is 16.4 Å². The number of hydrogen-bond donors (Lipinski definition) is 3. The molecule has 0 fully saturated rings. The lowest BCUT2D eigenvalue weighted by Gasteiger charge is -2.25. The lowest BCUT2D eigenvalue weighted by molar-refractivity contribution is 1.01. The summed E-state index contributed by atoms with van der Waals surface area (Å²) in [6, 6.07) is 12.8. The van der Waals surface area contributed by atoms with Crippen LogP contribution in [0.15, 0.2) is 36.4 Å². The Morgan fingerprint density at radius 3 is 2.58 bits per heavy atom. The average Bonchev–Trinajstić information content (AvgIpc) is 2.46. The largest absolute Gasteiger partial charge is 0.382 e. The van der Waals surface area contributed by atoms with Crippen molar-refractivity contribution in [1.82, 2.24) is 0 Å². The van der Waals surface area contributed by atoms with E-state index >= 15 is 0 Å². The molecule has 0 unspecified atom stereocenters. The average molecular weight is 253 g/mol. The zero-order valence-corrected chi connectivity index (χ0v) is 11.2. The van der Waals surface area contributed by atoms with Gasteiger partial charge in [-0.2, -0.15) is 0 Å². The maximum absolute atomic E-state index is 5.99. The van der Waals surface area contributed by atoms with Gasteiger partial charge in [0.2, 0.25) is 0 Å². The van der Waals surface area contributed by atoms with E-state index in [9.17, 15) is 0 Å².